The molecule has 2 aliphatic rings. The SMILES string of the molecule is O=C1C=C(Cl)C=C2C1=Cc1ccccc12. The summed E-state index contributed by atoms with van der Waals surface area (Å²) in [5, 5.41) is 0.504. The number of allylic oxidation sites excluding steroid dienone is 5. The Balaban J connectivity index is 2.28. The highest BCUT2D eigenvalue weighted by molar-refractivity contribution is 6.37. The Bertz CT molecular complexity index is 562. The second-order valence-electron chi connectivity index (χ2n) is 3.60. The quantitative estimate of drug-likeness (QED) is 0.648. The molecule has 0 atom stereocenters. The van der Waals surface area contributed by atoms with Gasteiger partial charge >= 0.3 is 0 Å². The third kappa shape index (κ3) is 1.20. The zero-order chi connectivity index (χ0) is 10.4. The Hall–Kier alpha value is -1.60. The van der Waals surface area contributed by atoms with Crippen molar-refractivity contribution >= 4 is 29.0 Å². The molecule has 0 aliphatic heterocycles. The van der Waals surface area contributed by atoms with E-state index in [0.717, 1.165) is 22.3 Å². The maximum absolute atomic E-state index is 11.7. The summed E-state index contributed by atoms with van der Waals surface area (Å²) >= 11 is 5.88. The molecule has 1 nitrogen and oxygen atoms in total. The number of hydrogen-bond donors (Lipinski definition) is 0. The van der Waals surface area contributed by atoms with E-state index in [1.54, 1.807) is 0 Å². The first kappa shape index (κ1) is 8.69. The summed E-state index contributed by atoms with van der Waals surface area (Å²) in [6.07, 6.45) is 5.23. The van der Waals surface area contributed by atoms with Gasteiger partial charge in [0.2, 0.25) is 0 Å². The summed E-state index contributed by atoms with van der Waals surface area (Å²) in [6.45, 7) is 0. The van der Waals surface area contributed by atoms with Gasteiger partial charge in [-0.15, -0.1) is 0 Å². The molecule has 15 heavy (non-hydrogen) atoms. The first-order valence-corrected chi connectivity index (χ1v) is 5.08. The van der Waals surface area contributed by atoms with Gasteiger partial charge in [-0.2, -0.15) is 0 Å². The molecule has 3 rings (SSSR count). The van der Waals surface area contributed by atoms with Crippen molar-refractivity contribution < 1.29 is 4.79 Å². The second kappa shape index (κ2) is 2.94. The van der Waals surface area contributed by atoms with Crippen LogP contribution in [0.2, 0.25) is 0 Å². The number of fused-ring (bicyclic) bond motifs is 3. The summed E-state index contributed by atoms with van der Waals surface area (Å²) in [5.41, 5.74) is 3.88. The molecule has 0 aromatic heterocycles. The summed E-state index contributed by atoms with van der Waals surface area (Å²) in [6, 6.07) is 7.94. The number of carbonyl (C=O) groups excluding carboxylic acids is 1. The smallest absolute Gasteiger partial charge is 0.187 e. The van der Waals surface area contributed by atoms with E-state index in [1.165, 1.54) is 6.08 Å². The molecule has 0 saturated carbocycles. The molecule has 1 aromatic rings. The zero-order valence-electron chi connectivity index (χ0n) is 7.83. The molecule has 1 aromatic carbocycles. The van der Waals surface area contributed by atoms with Crippen LogP contribution in [0.25, 0.3) is 11.6 Å². The van der Waals surface area contributed by atoms with Gasteiger partial charge in [0.05, 0.1) is 0 Å². The molecule has 2 aliphatic carbocycles. The molecule has 0 spiro atoms. The molecular weight excluding hydrogens is 208 g/mol. The normalized spacial score (nSPS) is 17.7. The molecule has 2 heteroatoms. The number of hydrogen-bond acceptors (Lipinski definition) is 1. The Morgan fingerprint density at radius 2 is 1.73 bits per heavy atom. The maximum Gasteiger partial charge on any atom is 0.187 e. The van der Waals surface area contributed by atoms with Crippen molar-refractivity contribution in [1.29, 1.82) is 0 Å². The molecule has 0 amide bonds. The number of benzene rings is 1. The standard InChI is InChI=1S/C13H7ClO/c14-9-6-11-10-4-2-1-3-8(10)5-12(11)13(15)7-9/h1-7H. The first-order valence-electron chi connectivity index (χ1n) is 4.70. The molecule has 0 N–H and O–H groups in total. The van der Waals surface area contributed by atoms with Crippen LogP contribution in [0.1, 0.15) is 11.1 Å². The lowest BCUT2D eigenvalue weighted by molar-refractivity contribution is -0.110. The van der Waals surface area contributed by atoms with Crippen molar-refractivity contribution in [2.24, 2.45) is 0 Å². The summed E-state index contributed by atoms with van der Waals surface area (Å²) in [7, 11) is 0. The number of ketones is 1. The fourth-order valence-electron chi connectivity index (χ4n) is 1.99. The van der Waals surface area contributed by atoms with Gasteiger partial charge in [0.15, 0.2) is 5.78 Å². The summed E-state index contributed by atoms with van der Waals surface area (Å²) < 4.78 is 0. The van der Waals surface area contributed by atoms with E-state index >= 15 is 0 Å². The Kier molecular flexibility index (Phi) is 1.70. The Morgan fingerprint density at radius 3 is 2.60 bits per heavy atom. The van der Waals surface area contributed by atoms with Crippen LogP contribution in [0.4, 0.5) is 0 Å². The highest BCUT2D eigenvalue weighted by atomic mass is 35.5. The Labute approximate surface area is 92.4 Å². The molecular formula is C13H7ClO. The van der Waals surface area contributed by atoms with Gasteiger partial charge in [-0.1, -0.05) is 35.9 Å². The van der Waals surface area contributed by atoms with Gasteiger partial charge in [0.25, 0.3) is 0 Å². The van der Waals surface area contributed by atoms with Gasteiger partial charge in [-0.25, -0.2) is 0 Å². The minimum Gasteiger partial charge on any atom is -0.289 e. The lowest BCUT2D eigenvalue weighted by Gasteiger charge is -2.08. The lowest BCUT2D eigenvalue weighted by atomic mass is 9.96. The fourth-order valence-corrected chi connectivity index (χ4v) is 2.20. The van der Waals surface area contributed by atoms with E-state index in [0.29, 0.717) is 5.03 Å². The van der Waals surface area contributed by atoms with E-state index in [9.17, 15) is 4.79 Å². The average Bonchev–Trinajstić information content (AvgIpc) is 2.57. The van der Waals surface area contributed by atoms with E-state index in [2.05, 4.69) is 0 Å². The average molecular weight is 215 g/mol. The van der Waals surface area contributed by atoms with Crippen molar-refractivity contribution in [3.8, 4) is 0 Å². The van der Waals surface area contributed by atoms with Gasteiger partial charge in [0, 0.05) is 16.7 Å². The van der Waals surface area contributed by atoms with Crippen LogP contribution in [0, 0.1) is 0 Å². The molecule has 0 fully saturated rings. The number of carbonyl (C=O) groups is 1. The molecule has 72 valence electrons. The van der Waals surface area contributed by atoms with E-state index < -0.39 is 0 Å². The van der Waals surface area contributed by atoms with Gasteiger partial charge in [-0.3, -0.25) is 4.79 Å². The predicted molar refractivity (Wildman–Crippen MR) is 61.3 cm³/mol. The van der Waals surface area contributed by atoms with Gasteiger partial charge in [0.1, 0.15) is 0 Å². The fraction of sp³-hybridized carbons (Fsp3) is 0. The van der Waals surface area contributed by atoms with Gasteiger partial charge < -0.3 is 0 Å². The molecule has 0 bridgehead atoms. The van der Waals surface area contributed by atoms with Crippen LogP contribution in [0.3, 0.4) is 0 Å². The third-order valence-corrected chi connectivity index (χ3v) is 2.88. The van der Waals surface area contributed by atoms with Crippen molar-refractivity contribution in [2.45, 2.75) is 0 Å². The zero-order valence-corrected chi connectivity index (χ0v) is 8.58. The van der Waals surface area contributed by atoms with Crippen LogP contribution < -0.4 is 0 Å². The van der Waals surface area contributed by atoms with Crippen molar-refractivity contribution in [1.82, 2.24) is 0 Å². The molecule has 0 unspecified atom stereocenters. The molecule has 0 radical (unpaired) electrons. The highest BCUT2D eigenvalue weighted by Gasteiger charge is 2.25. The van der Waals surface area contributed by atoms with Crippen molar-refractivity contribution in [3.05, 3.63) is 58.1 Å². The number of halogens is 1. The van der Waals surface area contributed by atoms with Crippen molar-refractivity contribution in [3.63, 3.8) is 0 Å². The van der Waals surface area contributed by atoms with Crippen LogP contribution in [0.15, 0.2) is 47.0 Å². The van der Waals surface area contributed by atoms with Crippen molar-refractivity contribution in [2.75, 3.05) is 0 Å². The molecule has 0 saturated heterocycles. The van der Waals surface area contributed by atoms with E-state index in [-0.39, 0.29) is 5.78 Å². The van der Waals surface area contributed by atoms with Crippen LogP contribution in [-0.4, -0.2) is 5.78 Å². The topological polar surface area (TPSA) is 17.1 Å². The van der Waals surface area contributed by atoms with Gasteiger partial charge in [-0.05, 0) is 28.9 Å². The second-order valence-corrected chi connectivity index (χ2v) is 4.03. The van der Waals surface area contributed by atoms with E-state index in [1.807, 2.05) is 36.4 Å². The maximum atomic E-state index is 11.7. The first-order chi connectivity index (χ1) is 7.25. The largest absolute Gasteiger partial charge is 0.289 e. The van der Waals surface area contributed by atoms with E-state index in [4.69, 9.17) is 11.6 Å². The van der Waals surface area contributed by atoms with Crippen LogP contribution >= 0.6 is 11.6 Å². The summed E-state index contributed by atoms with van der Waals surface area (Å²) in [5.74, 6) is -0.00583. The van der Waals surface area contributed by atoms with Crippen LogP contribution in [0.5, 0.6) is 0 Å². The Morgan fingerprint density at radius 1 is 0.933 bits per heavy atom. The monoisotopic (exact) mass is 214 g/mol. The number of rotatable bonds is 0. The third-order valence-electron chi connectivity index (χ3n) is 2.66. The minimum absolute atomic E-state index is 0.00583. The minimum atomic E-state index is -0.00583. The lowest BCUT2D eigenvalue weighted by Crippen LogP contribution is -2.02. The molecule has 0 heterocycles. The summed E-state index contributed by atoms with van der Waals surface area (Å²) in [4.78, 5) is 11.7. The predicted octanol–water partition coefficient (Wildman–Crippen LogP) is 3.17. The van der Waals surface area contributed by atoms with Crippen LogP contribution in [-0.2, 0) is 4.79 Å². The highest BCUT2D eigenvalue weighted by Crippen LogP contribution is 2.39.